The van der Waals surface area contributed by atoms with Crippen molar-refractivity contribution in [3.63, 3.8) is 0 Å². The number of nitrogens with two attached hydrogens (primary N) is 2. The summed E-state index contributed by atoms with van der Waals surface area (Å²) in [5.41, 5.74) is 11.2. The first-order chi connectivity index (χ1) is 6.22. The highest BCUT2D eigenvalue weighted by Gasteiger charge is 2.11. The van der Waals surface area contributed by atoms with Crippen LogP contribution in [0.1, 0.15) is 5.69 Å². The molecule has 2 aromatic rings. The van der Waals surface area contributed by atoms with E-state index in [2.05, 4.69) is 19.6 Å². The fourth-order valence-corrected chi connectivity index (χ4v) is 0.886. The lowest BCUT2D eigenvalue weighted by Gasteiger charge is -1.92. The topological polar surface area (TPSA) is 128 Å². The quantitative estimate of drug-likeness (QED) is 0.561. The van der Waals surface area contributed by atoms with Crippen molar-refractivity contribution >= 4 is 22.9 Å². The minimum absolute atomic E-state index is 0.0161. The van der Waals surface area contributed by atoms with Crippen molar-refractivity contribution in [2.75, 3.05) is 11.5 Å². The first kappa shape index (κ1) is 7.30. The summed E-state index contributed by atoms with van der Waals surface area (Å²) in [4.78, 5) is 7.60. The Balaban J connectivity index is 2.86. The van der Waals surface area contributed by atoms with E-state index in [1.54, 1.807) is 6.07 Å². The number of hydrogen-bond acceptors (Lipinski definition) is 7. The molecule has 0 aliphatic carbocycles. The molecule has 4 N–H and O–H groups in total. The van der Waals surface area contributed by atoms with Crippen LogP contribution in [0.5, 0.6) is 0 Å². The maximum Gasteiger partial charge on any atom is 0.250 e. The summed E-state index contributed by atoms with van der Waals surface area (Å²) >= 11 is 0. The molecule has 7 nitrogen and oxygen atoms in total. The Kier molecular flexibility index (Phi) is 1.30. The van der Waals surface area contributed by atoms with E-state index < -0.39 is 0 Å². The second kappa shape index (κ2) is 2.31. The third-order valence-corrected chi connectivity index (χ3v) is 1.47. The van der Waals surface area contributed by atoms with Gasteiger partial charge in [-0.15, -0.1) is 0 Å². The molecule has 0 aliphatic heterocycles. The zero-order valence-electron chi connectivity index (χ0n) is 6.35. The highest BCUT2D eigenvalue weighted by atomic mass is 16.5. The molecule has 0 aromatic carbocycles. The highest BCUT2D eigenvalue weighted by Crippen LogP contribution is 2.18. The second-order valence-electron chi connectivity index (χ2n) is 2.29. The molecule has 2 heterocycles. The molecule has 2 rings (SSSR count). The van der Waals surface area contributed by atoms with Crippen molar-refractivity contribution in [1.82, 2.24) is 15.1 Å². The van der Waals surface area contributed by atoms with Gasteiger partial charge in [0.15, 0.2) is 17.0 Å². The molecule has 0 spiro atoms. The number of anilines is 2. The minimum Gasteiger partial charge on any atom is -0.381 e. The molecular weight excluding hydrogens is 172 g/mol. The first-order valence-corrected chi connectivity index (χ1v) is 3.31. The summed E-state index contributed by atoms with van der Waals surface area (Å²) in [5.74, 6) is 0.0438. The molecule has 0 fully saturated rings. The van der Waals surface area contributed by atoms with Crippen LogP contribution in [-0.2, 0) is 0 Å². The molecule has 7 heteroatoms. The van der Waals surface area contributed by atoms with Gasteiger partial charge < -0.3 is 16.0 Å². The Labute approximate surface area is 72.0 Å². The summed E-state index contributed by atoms with van der Waals surface area (Å²) in [6.07, 6.45) is 0. The average Bonchev–Trinajstić information content (AvgIpc) is 2.46. The van der Waals surface area contributed by atoms with E-state index >= 15 is 0 Å². The van der Waals surface area contributed by atoms with Crippen LogP contribution >= 0.6 is 0 Å². The Hall–Kier alpha value is -2.36. The van der Waals surface area contributed by atoms with Gasteiger partial charge in [-0.1, -0.05) is 5.16 Å². The molecule has 0 amide bonds. The van der Waals surface area contributed by atoms with Crippen LogP contribution < -0.4 is 11.5 Å². The van der Waals surface area contributed by atoms with Gasteiger partial charge in [0, 0.05) is 0 Å². The van der Waals surface area contributed by atoms with Gasteiger partial charge in [-0.3, -0.25) is 0 Å². The lowest BCUT2D eigenvalue weighted by Crippen LogP contribution is -1.98. The summed E-state index contributed by atoms with van der Waals surface area (Å²) in [6, 6.07) is 1.78. The zero-order chi connectivity index (χ0) is 9.42. The largest absolute Gasteiger partial charge is 0.381 e. The van der Waals surface area contributed by atoms with Crippen molar-refractivity contribution in [2.45, 2.75) is 0 Å². The number of nitrogens with zero attached hydrogens (tertiary/aromatic N) is 4. The van der Waals surface area contributed by atoms with Gasteiger partial charge in [0.25, 0.3) is 5.88 Å². The Morgan fingerprint density at radius 3 is 2.77 bits per heavy atom. The van der Waals surface area contributed by atoms with Crippen LogP contribution in [-0.4, -0.2) is 15.1 Å². The van der Waals surface area contributed by atoms with Gasteiger partial charge in [-0.05, 0) is 0 Å². The summed E-state index contributed by atoms with van der Waals surface area (Å²) in [5, 5.41) is 12.1. The molecule has 0 atom stereocenters. The maximum atomic E-state index is 8.58. The van der Waals surface area contributed by atoms with E-state index in [9.17, 15) is 0 Å². The van der Waals surface area contributed by atoms with E-state index in [1.165, 1.54) is 0 Å². The lowest BCUT2D eigenvalue weighted by atomic mass is 10.4. The molecule has 0 aliphatic rings. The minimum atomic E-state index is 0.0161. The third-order valence-electron chi connectivity index (χ3n) is 1.47. The van der Waals surface area contributed by atoms with Crippen molar-refractivity contribution in [3.05, 3.63) is 5.69 Å². The predicted molar refractivity (Wildman–Crippen MR) is 43.1 cm³/mol. The molecule has 0 radical (unpaired) electrons. The van der Waals surface area contributed by atoms with Crippen LogP contribution in [0.25, 0.3) is 11.2 Å². The third kappa shape index (κ3) is 0.927. The molecule has 64 valence electrons. The number of nitrogen functional groups attached to an aromatic ring is 2. The van der Waals surface area contributed by atoms with Gasteiger partial charge in [-0.25, -0.2) is 9.97 Å². The number of aromatic nitrogens is 3. The second-order valence-corrected chi connectivity index (χ2v) is 2.29. The molecule has 0 saturated carbocycles. The number of rotatable bonds is 0. The van der Waals surface area contributed by atoms with Crippen molar-refractivity contribution in [3.8, 4) is 6.07 Å². The maximum absolute atomic E-state index is 8.58. The predicted octanol–water partition coefficient (Wildman–Crippen LogP) is -0.346. The fraction of sp³-hybridized carbons (Fsp3) is 0. The van der Waals surface area contributed by atoms with Crippen molar-refractivity contribution < 1.29 is 4.52 Å². The van der Waals surface area contributed by atoms with Crippen LogP contribution in [0.15, 0.2) is 4.52 Å². The Morgan fingerprint density at radius 1 is 1.31 bits per heavy atom. The number of hydrogen-bond donors (Lipinski definition) is 2. The molecule has 0 bridgehead atoms. The first-order valence-electron chi connectivity index (χ1n) is 3.31. The summed E-state index contributed by atoms with van der Waals surface area (Å²) < 4.78 is 4.61. The van der Waals surface area contributed by atoms with Gasteiger partial charge in [0.05, 0.1) is 0 Å². The molecule has 0 unspecified atom stereocenters. The Bertz CT molecular complexity index is 510. The van der Waals surface area contributed by atoms with Crippen LogP contribution in [0.4, 0.5) is 11.7 Å². The Morgan fingerprint density at radius 2 is 2.08 bits per heavy atom. The van der Waals surface area contributed by atoms with E-state index in [-0.39, 0.29) is 28.6 Å². The van der Waals surface area contributed by atoms with Crippen LogP contribution in [0.3, 0.4) is 0 Å². The van der Waals surface area contributed by atoms with Gasteiger partial charge >= 0.3 is 0 Å². The zero-order valence-corrected chi connectivity index (χ0v) is 6.35. The van der Waals surface area contributed by atoms with Gasteiger partial charge in [0.1, 0.15) is 6.07 Å². The van der Waals surface area contributed by atoms with Crippen LogP contribution in [0, 0.1) is 11.3 Å². The SMILES string of the molecule is N#Cc1nc2c(N)onc2nc1N. The van der Waals surface area contributed by atoms with Crippen LogP contribution in [0.2, 0.25) is 0 Å². The van der Waals surface area contributed by atoms with Gasteiger partial charge in [0.2, 0.25) is 5.65 Å². The summed E-state index contributed by atoms with van der Waals surface area (Å²) in [6.45, 7) is 0. The smallest absolute Gasteiger partial charge is 0.250 e. The standard InChI is InChI=1S/C6H4N6O/c7-1-2-4(8)11-6-3(10-2)5(9)13-12-6/h9H2,(H2,8,11,12). The lowest BCUT2D eigenvalue weighted by molar-refractivity contribution is 0.443. The van der Waals surface area contributed by atoms with E-state index in [0.29, 0.717) is 0 Å². The van der Waals surface area contributed by atoms with Gasteiger partial charge in [-0.2, -0.15) is 5.26 Å². The average molecular weight is 176 g/mol. The van der Waals surface area contributed by atoms with E-state index in [4.69, 9.17) is 16.7 Å². The molecular formula is C6H4N6O. The van der Waals surface area contributed by atoms with Crippen molar-refractivity contribution in [2.24, 2.45) is 0 Å². The number of fused-ring (bicyclic) bond motifs is 1. The fourth-order valence-electron chi connectivity index (χ4n) is 0.886. The van der Waals surface area contributed by atoms with E-state index in [1.807, 2.05) is 0 Å². The highest BCUT2D eigenvalue weighted by molar-refractivity contribution is 5.81. The molecule has 13 heavy (non-hydrogen) atoms. The normalized spacial score (nSPS) is 10.1. The molecule has 0 saturated heterocycles. The molecule has 2 aromatic heterocycles. The van der Waals surface area contributed by atoms with Crippen molar-refractivity contribution in [1.29, 1.82) is 5.26 Å². The number of nitriles is 1. The van der Waals surface area contributed by atoms with E-state index in [0.717, 1.165) is 0 Å². The monoisotopic (exact) mass is 176 g/mol. The summed E-state index contributed by atoms with van der Waals surface area (Å²) in [7, 11) is 0.